The van der Waals surface area contributed by atoms with E-state index in [1.54, 1.807) is 36.5 Å². The van der Waals surface area contributed by atoms with Gasteiger partial charge in [0.1, 0.15) is 29.4 Å². The maximum absolute atomic E-state index is 17.1. The number of likely N-dealkylation sites (tertiary alicyclic amines) is 1. The number of pyridine rings is 1. The van der Waals surface area contributed by atoms with Gasteiger partial charge in [0, 0.05) is 81.3 Å². The van der Waals surface area contributed by atoms with Crippen molar-refractivity contribution in [2.24, 2.45) is 5.92 Å². The predicted octanol–water partition coefficient (Wildman–Crippen LogP) is 8.01. The lowest BCUT2D eigenvalue weighted by molar-refractivity contribution is -0.120. The van der Waals surface area contributed by atoms with E-state index in [1.807, 2.05) is 41.4 Å². The Kier molecular flexibility index (Phi) is 11.8. The van der Waals surface area contributed by atoms with Crippen LogP contribution in [-0.2, 0) is 24.4 Å². The zero-order chi connectivity index (χ0) is 44.8. The van der Waals surface area contributed by atoms with Crippen LogP contribution in [0, 0.1) is 11.7 Å². The van der Waals surface area contributed by atoms with Crippen molar-refractivity contribution >= 4 is 62.6 Å². The number of amides is 4. The Morgan fingerprint density at radius 2 is 1.80 bits per heavy atom. The van der Waals surface area contributed by atoms with E-state index in [0.29, 0.717) is 64.1 Å². The largest absolute Gasteiger partial charge is 0.508 e. The van der Waals surface area contributed by atoms with Gasteiger partial charge >= 0.3 is 12.0 Å². The number of ether oxygens (including phenoxy) is 1. The molecular weight excluding hydrogens is 849 g/mol. The molecule has 4 amide bonds. The minimum atomic E-state index is -0.590. The summed E-state index contributed by atoms with van der Waals surface area (Å²) in [6.45, 7) is 5.95. The van der Waals surface area contributed by atoms with Crippen molar-refractivity contribution in [3.63, 3.8) is 0 Å². The van der Waals surface area contributed by atoms with Crippen LogP contribution < -0.4 is 25.2 Å². The van der Waals surface area contributed by atoms with Crippen molar-refractivity contribution in [1.82, 2.24) is 35.1 Å². The zero-order valence-electron chi connectivity index (χ0n) is 36.2. The fraction of sp³-hybridized carbons (Fsp3) is 0.388. The predicted molar refractivity (Wildman–Crippen MR) is 247 cm³/mol. The number of urea groups is 1. The summed E-state index contributed by atoms with van der Waals surface area (Å²) in [5.41, 5.74) is 3.58. The number of anilines is 2. The molecule has 2 atom stereocenters. The number of piperidine rings is 1. The van der Waals surface area contributed by atoms with E-state index in [4.69, 9.17) is 31.3 Å². The van der Waals surface area contributed by atoms with Gasteiger partial charge in [-0.25, -0.2) is 9.18 Å². The van der Waals surface area contributed by atoms with Crippen LogP contribution in [-0.4, -0.2) is 92.2 Å². The number of hydrogen-bond acceptors (Lipinski definition) is 10. The number of carbonyl (C=O) groups excluding carboxylic acids is 3. The summed E-state index contributed by atoms with van der Waals surface area (Å²) in [7, 11) is 0. The molecule has 2 bridgehead atoms. The molecule has 4 saturated heterocycles. The molecule has 0 saturated carbocycles. The van der Waals surface area contributed by atoms with Gasteiger partial charge in [-0.15, -0.1) is 0 Å². The number of aromatic hydroxyl groups is 1. The average molecular weight is 900 g/mol. The van der Waals surface area contributed by atoms with Crippen LogP contribution in [0.4, 0.5) is 20.7 Å². The normalized spacial score (nSPS) is 19.1. The van der Waals surface area contributed by atoms with Gasteiger partial charge in [0.25, 0.3) is 5.91 Å². The van der Waals surface area contributed by atoms with Crippen LogP contribution in [0.1, 0.15) is 73.5 Å². The van der Waals surface area contributed by atoms with Gasteiger partial charge in [-0.05, 0) is 110 Å². The molecule has 65 heavy (non-hydrogen) atoms. The number of imide groups is 1. The molecule has 7 heterocycles. The van der Waals surface area contributed by atoms with Gasteiger partial charge in [-0.2, -0.15) is 9.97 Å². The molecule has 4 aliphatic rings. The van der Waals surface area contributed by atoms with Crippen LogP contribution in [0.2, 0.25) is 5.02 Å². The topological polar surface area (TPSA) is 158 Å². The molecule has 3 aromatic carbocycles. The smallest absolute Gasteiger partial charge is 0.328 e. The van der Waals surface area contributed by atoms with Crippen molar-refractivity contribution in [3.8, 4) is 23.0 Å². The number of nitrogens with zero attached hydrogens (tertiary/aromatic N) is 7. The highest BCUT2D eigenvalue weighted by Crippen LogP contribution is 2.39. The summed E-state index contributed by atoms with van der Waals surface area (Å²) in [5.74, 6) is 0.0667. The highest BCUT2D eigenvalue weighted by molar-refractivity contribution is 6.34. The van der Waals surface area contributed by atoms with Crippen LogP contribution in [0.5, 0.6) is 11.8 Å². The number of rotatable bonds is 12. The molecule has 14 nitrogen and oxygen atoms in total. The Morgan fingerprint density at radius 3 is 2.58 bits per heavy atom. The van der Waals surface area contributed by atoms with Gasteiger partial charge < -0.3 is 29.5 Å². The summed E-state index contributed by atoms with van der Waals surface area (Å²) < 4.78 is 25.6. The zero-order valence-corrected chi connectivity index (χ0v) is 37.0. The van der Waals surface area contributed by atoms with Gasteiger partial charge in [-0.1, -0.05) is 36.7 Å². The van der Waals surface area contributed by atoms with Crippen molar-refractivity contribution in [2.45, 2.75) is 83.5 Å². The third-order valence-corrected chi connectivity index (χ3v) is 13.9. The summed E-state index contributed by atoms with van der Waals surface area (Å²) >= 11 is 6.43. The Hall–Kier alpha value is -6.32. The number of halogens is 2. The third-order valence-electron chi connectivity index (χ3n) is 13.6. The molecule has 4 fully saturated rings. The number of fused-ring (bicyclic) bond motifs is 4. The molecule has 0 spiro atoms. The third kappa shape index (κ3) is 8.54. The molecule has 4 aliphatic heterocycles. The summed E-state index contributed by atoms with van der Waals surface area (Å²) in [6, 6.07) is 18.3. The summed E-state index contributed by atoms with van der Waals surface area (Å²) in [6.07, 6.45) is 10.4. The number of phenolic OH excluding ortho intramolecular Hbond substituents is 1. The quantitative estimate of drug-likeness (QED) is 0.110. The number of aromatic nitrogens is 4. The second-order valence-corrected chi connectivity index (χ2v) is 18.1. The molecule has 16 heteroatoms. The van der Waals surface area contributed by atoms with Crippen LogP contribution in [0.15, 0.2) is 73.1 Å². The summed E-state index contributed by atoms with van der Waals surface area (Å²) in [4.78, 5) is 57.5. The van der Waals surface area contributed by atoms with Crippen LogP contribution >= 0.6 is 11.6 Å². The van der Waals surface area contributed by atoms with E-state index in [2.05, 4.69) is 27.0 Å². The monoisotopic (exact) mass is 899 g/mol. The average Bonchev–Trinajstić information content (AvgIpc) is 3.91. The maximum atomic E-state index is 17.1. The van der Waals surface area contributed by atoms with E-state index in [-0.39, 0.29) is 54.4 Å². The standard InChI is InChI=1S/C49H51ClFN9O5/c1-2-30-7-3-8-31-22-36(61)24-37(42(30)31)44-43(51)45-38(25-52-44)46(59-26-33-11-12-34(27-59)53-33)56-48(55-45)65-28-35-9-5-18-57(35)17-4-6-29-14-19-58(20-15-29)47(63)32-10-13-39(50)40(23-32)60-21-16-41(62)54-49(60)64/h3,5,7-10,13,18,22-25,29,33-34,53,61H,2,4,6,11-12,14-17,19-21,26-28H2,1H3,(H,54,62,64)/t33-,34?/m0/s1. The Balaban J connectivity index is 0.815. The highest BCUT2D eigenvalue weighted by atomic mass is 35.5. The molecule has 1 unspecified atom stereocenters. The lowest BCUT2D eigenvalue weighted by Gasteiger charge is -2.34. The molecular formula is C49H51ClFN9O5. The first-order valence-corrected chi connectivity index (χ1v) is 23.1. The number of nitrogens with one attached hydrogen (secondary N) is 2. The molecule has 3 aromatic heterocycles. The molecule has 336 valence electrons. The van der Waals surface area contributed by atoms with Crippen LogP contribution in [0.25, 0.3) is 32.9 Å². The highest BCUT2D eigenvalue weighted by Gasteiger charge is 2.35. The van der Waals surface area contributed by atoms with E-state index < -0.39 is 11.8 Å². The maximum Gasteiger partial charge on any atom is 0.328 e. The number of phenols is 1. The molecule has 10 rings (SSSR count). The molecule has 6 aromatic rings. The first-order valence-electron chi connectivity index (χ1n) is 22.7. The van der Waals surface area contributed by atoms with E-state index >= 15 is 4.39 Å². The van der Waals surface area contributed by atoms with Crippen molar-refractivity contribution in [1.29, 1.82) is 0 Å². The second-order valence-electron chi connectivity index (χ2n) is 17.7. The Labute approximate surface area is 380 Å². The van der Waals surface area contributed by atoms with Crippen molar-refractivity contribution in [2.75, 3.05) is 42.5 Å². The molecule has 3 N–H and O–H groups in total. The number of carbonyl (C=O) groups is 3. The SMILES string of the molecule is CCc1cccc2cc(O)cc(-c3ncc4c(N5CC6CC[C@@H](C5)N6)nc(OCc5cccn5CCCC5CCN(C(=O)c6ccc(Cl)c(N7CCC(=O)NC7=O)c6)CC5)nc4c3F)c12. The lowest BCUT2D eigenvalue weighted by atomic mass is 9.92. The van der Waals surface area contributed by atoms with Gasteiger partial charge in [-0.3, -0.25) is 24.8 Å². The van der Waals surface area contributed by atoms with E-state index in [1.165, 1.54) is 4.90 Å². The van der Waals surface area contributed by atoms with E-state index in [9.17, 15) is 19.5 Å². The van der Waals surface area contributed by atoms with Gasteiger partial charge in [0.2, 0.25) is 5.91 Å². The Morgan fingerprint density at radius 1 is 0.985 bits per heavy atom. The first-order chi connectivity index (χ1) is 31.6. The van der Waals surface area contributed by atoms with E-state index in [0.717, 1.165) is 86.6 Å². The Bertz CT molecular complexity index is 2820. The van der Waals surface area contributed by atoms with Gasteiger partial charge in [0.05, 0.1) is 21.8 Å². The second kappa shape index (κ2) is 17.9. The van der Waals surface area contributed by atoms with Gasteiger partial charge in [0.15, 0.2) is 5.82 Å². The minimum Gasteiger partial charge on any atom is -0.508 e. The van der Waals surface area contributed by atoms with Crippen LogP contribution in [0.3, 0.4) is 0 Å². The minimum absolute atomic E-state index is 0.0317. The fourth-order valence-electron chi connectivity index (χ4n) is 10.2. The number of hydrogen-bond donors (Lipinski definition) is 3. The number of piperazine rings is 1. The molecule has 0 aliphatic carbocycles. The fourth-order valence-corrected chi connectivity index (χ4v) is 10.4. The van der Waals surface area contributed by atoms with Crippen molar-refractivity contribution in [3.05, 3.63) is 101 Å². The summed E-state index contributed by atoms with van der Waals surface area (Å²) in [5, 5.41) is 19.2. The number of benzene rings is 3. The molecule has 0 radical (unpaired) electrons. The van der Waals surface area contributed by atoms with Crippen molar-refractivity contribution < 1.29 is 28.6 Å². The lowest BCUT2D eigenvalue weighted by Crippen LogP contribution is -2.51. The first kappa shape index (κ1) is 42.6. The number of aryl methyl sites for hydroxylation is 2.